The van der Waals surface area contributed by atoms with Gasteiger partial charge >= 0.3 is 12.2 Å². The van der Waals surface area contributed by atoms with Gasteiger partial charge in [-0.05, 0) is 60.2 Å². The van der Waals surface area contributed by atoms with Crippen LogP contribution < -0.4 is 15.0 Å². The van der Waals surface area contributed by atoms with Gasteiger partial charge in [-0.2, -0.15) is 13.2 Å². The number of methoxy groups -OCH3 is 1. The summed E-state index contributed by atoms with van der Waals surface area (Å²) in [5.74, 6) is 0.590. The molecule has 0 aromatic heterocycles. The lowest BCUT2D eigenvalue weighted by Crippen LogP contribution is -2.51. The predicted octanol–water partition coefficient (Wildman–Crippen LogP) is 6.35. The van der Waals surface area contributed by atoms with Crippen molar-refractivity contribution in [3.8, 4) is 5.75 Å². The van der Waals surface area contributed by atoms with Gasteiger partial charge in [0.05, 0.1) is 24.9 Å². The van der Waals surface area contributed by atoms with Crippen LogP contribution in [0.5, 0.6) is 5.75 Å². The summed E-state index contributed by atoms with van der Waals surface area (Å²) in [6.07, 6.45) is -4.50. The van der Waals surface area contributed by atoms with Crippen LogP contribution in [0.1, 0.15) is 16.7 Å². The molecule has 5 rings (SSSR count). The number of anilines is 2. The van der Waals surface area contributed by atoms with Crippen molar-refractivity contribution in [1.82, 2.24) is 4.90 Å². The van der Waals surface area contributed by atoms with E-state index in [0.717, 1.165) is 12.1 Å². The zero-order chi connectivity index (χ0) is 26.4. The molecule has 6 nitrogen and oxygen atoms in total. The molecule has 3 aromatic rings. The molecule has 1 atom stereocenters. The van der Waals surface area contributed by atoms with Crippen LogP contribution in [0.2, 0.25) is 5.02 Å². The van der Waals surface area contributed by atoms with E-state index in [1.807, 2.05) is 0 Å². The lowest BCUT2D eigenvalue weighted by atomic mass is 10.1. The van der Waals surface area contributed by atoms with Crippen molar-refractivity contribution in [2.24, 2.45) is 0 Å². The Morgan fingerprint density at radius 1 is 1.14 bits per heavy atom. The third-order valence-electron chi connectivity index (χ3n) is 6.34. The van der Waals surface area contributed by atoms with Crippen molar-refractivity contribution >= 4 is 46.7 Å². The molecule has 1 N–H and O–H groups in total. The second-order valence-corrected chi connectivity index (χ2v) is 10.3. The summed E-state index contributed by atoms with van der Waals surface area (Å²) >= 11 is 7.25. The topological polar surface area (TPSA) is 61.9 Å². The molecule has 1 fully saturated rings. The summed E-state index contributed by atoms with van der Waals surface area (Å²) in [7, 11) is 1.50. The van der Waals surface area contributed by atoms with Gasteiger partial charge in [0.2, 0.25) is 0 Å². The summed E-state index contributed by atoms with van der Waals surface area (Å²) in [6.45, 7) is 0.209. The normalized spacial score (nSPS) is 18.9. The van der Waals surface area contributed by atoms with Crippen LogP contribution in [0.25, 0.3) is 0 Å². The standard InChI is InChI=1S/C26H21ClF3N3O3S/c1-36-20-9-10-22-21(14-20)25(23(34)32(22)15-16-3-2-4-17(13-16)26(28,29)30)33(11-12-37-25)24(35)31-19-7-5-18(27)6-8-19/h2-10,13-14H,11-12,15H2,1H3,(H,31,35)/t25-/m1/s1. The maximum absolute atomic E-state index is 14.1. The first-order valence-corrected chi connectivity index (χ1v) is 12.6. The minimum atomic E-state index is -4.50. The molecular weight excluding hydrogens is 527 g/mol. The van der Waals surface area contributed by atoms with E-state index < -0.39 is 28.5 Å². The molecule has 3 amide bonds. The number of benzene rings is 3. The molecule has 192 valence electrons. The van der Waals surface area contributed by atoms with Crippen molar-refractivity contribution in [3.63, 3.8) is 0 Å². The average molecular weight is 548 g/mol. The number of carbonyl (C=O) groups is 2. The zero-order valence-corrected chi connectivity index (χ0v) is 21.1. The van der Waals surface area contributed by atoms with Crippen molar-refractivity contribution in [2.75, 3.05) is 29.6 Å². The molecule has 3 aromatic carbocycles. The SMILES string of the molecule is COc1ccc2c(c1)[C@@]1(SCCN1C(=O)Nc1ccc(Cl)cc1)C(=O)N2Cc1cccc(C(F)(F)F)c1. The Morgan fingerprint density at radius 2 is 1.89 bits per heavy atom. The Hall–Kier alpha value is -3.37. The lowest BCUT2D eigenvalue weighted by Gasteiger charge is -2.33. The minimum absolute atomic E-state index is 0.0863. The van der Waals surface area contributed by atoms with E-state index >= 15 is 0 Å². The van der Waals surface area contributed by atoms with Crippen LogP contribution in [0.4, 0.5) is 29.3 Å². The number of rotatable bonds is 4. The van der Waals surface area contributed by atoms with Crippen molar-refractivity contribution in [2.45, 2.75) is 17.6 Å². The van der Waals surface area contributed by atoms with Crippen molar-refractivity contribution < 1.29 is 27.5 Å². The predicted molar refractivity (Wildman–Crippen MR) is 137 cm³/mol. The van der Waals surface area contributed by atoms with Gasteiger partial charge in [0.25, 0.3) is 5.91 Å². The first-order valence-electron chi connectivity index (χ1n) is 11.3. The van der Waals surface area contributed by atoms with Crippen LogP contribution in [-0.4, -0.2) is 36.2 Å². The fraction of sp³-hybridized carbons (Fsp3) is 0.231. The van der Waals surface area contributed by atoms with Crippen LogP contribution in [0, 0.1) is 0 Å². The van der Waals surface area contributed by atoms with Crippen molar-refractivity contribution in [1.29, 1.82) is 0 Å². The molecule has 2 aliphatic rings. The average Bonchev–Trinajstić information content (AvgIpc) is 3.42. The second-order valence-electron chi connectivity index (χ2n) is 8.55. The van der Waals surface area contributed by atoms with Crippen LogP contribution in [0.3, 0.4) is 0 Å². The maximum atomic E-state index is 14.1. The Morgan fingerprint density at radius 3 is 2.59 bits per heavy atom. The minimum Gasteiger partial charge on any atom is -0.497 e. The Labute approximate surface area is 220 Å². The Bertz CT molecular complexity index is 1370. The summed E-state index contributed by atoms with van der Waals surface area (Å²) in [5.41, 5.74) is 1.11. The molecule has 0 bridgehead atoms. The number of nitrogens with one attached hydrogen (secondary N) is 1. The van der Waals surface area contributed by atoms with Gasteiger partial charge in [-0.3, -0.25) is 9.69 Å². The fourth-order valence-corrected chi connectivity index (χ4v) is 6.21. The van der Waals surface area contributed by atoms with Crippen LogP contribution in [0.15, 0.2) is 66.7 Å². The second kappa shape index (κ2) is 9.50. The van der Waals surface area contributed by atoms with Gasteiger partial charge in [-0.25, -0.2) is 4.79 Å². The molecular formula is C26H21ClF3N3O3S. The van der Waals surface area contributed by atoms with E-state index in [-0.39, 0.29) is 6.54 Å². The van der Waals surface area contributed by atoms with Gasteiger partial charge < -0.3 is 15.0 Å². The molecule has 2 aliphatic heterocycles. The third-order valence-corrected chi connectivity index (χ3v) is 8.01. The molecule has 1 saturated heterocycles. The molecule has 0 radical (unpaired) electrons. The summed E-state index contributed by atoms with van der Waals surface area (Å²) in [6, 6.07) is 16.1. The number of carbonyl (C=O) groups excluding carboxylic acids is 2. The highest BCUT2D eigenvalue weighted by Crippen LogP contribution is 2.55. The number of hydrogen-bond acceptors (Lipinski definition) is 4. The van der Waals surface area contributed by atoms with E-state index in [2.05, 4.69) is 5.32 Å². The highest BCUT2D eigenvalue weighted by molar-refractivity contribution is 8.01. The highest BCUT2D eigenvalue weighted by Gasteiger charge is 2.59. The maximum Gasteiger partial charge on any atom is 0.416 e. The van der Waals surface area contributed by atoms with E-state index in [4.69, 9.17) is 16.3 Å². The van der Waals surface area contributed by atoms with Crippen molar-refractivity contribution in [3.05, 3.63) is 88.4 Å². The molecule has 2 heterocycles. The number of ether oxygens (including phenoxy) is 1. The number of fused-ring (bicyclic) bond motifs is 2. The van der Waals surface area contributed by atoms with Crippen LogP contribution in [-0.2, 0) is 22.4 Å². The van der Waals surface area contributed by atoms with Gasteiger partial charge in [-0.1, -0.05) is 23.7 Å². The smallest absolute Gasteiger partial charge is 0.416 e. The van der Waals surface area contributed by atoms with Crippen LogP contribution >= 0.6 is 23.4 Å². The molecule has 0 aliphatic carbocycles. The van der Waals surface area contributed by atoms with E-state index in [0.29, 0.717) is 45.6 Å². The highest BCUT2D eigenvalue weighted by atomic mass is 35.5. The van der Waals surface area contributed by atoms with E-state index in [1.165, 1.54) is 34.7 Å². The van der Waals surface area contributed by atoms with E-state index in [9.17, 15) is 22.8 Å². The first kappa shape index (κ1) is 25.3. The number of halogens is 4. The number of hydrogen-bond donors (Lipinski definition) is 1. The Balaban J connectivity index is 1.53. The van der Waals surface area contributed by atoms with Gasteiger partial charge in [0.1, 0.15) is 5.75 Å². The summed E-state index contributed by atoms with van der Waals surface area (Å²) in [5, 5.41) is 3.34. The summed E-state index contributed by atoms with van der Waals surface area (Å²) < 4.78 is 45.3. The number of urea groups is 1. The van der Waals surface area contributed by atoms with E-state index in [1.54, 1.807) is 48.5 Å². The van der Waals surface area contributed by atoms with Gasteiger partial charge in [0, 0.05) is 28.6 Å². The number of thioether (sulfide) groups is 1. The molecule has 11 heteroatoms. The Kier molecular flexibility index (Phi) is 6.49. The molecule has 37 heavy (non-hydrogen) atoms. The molecule has 0 saturated carbocycles. The monoisotopic (exact) mass is 547 g/mol. The zero-order valence-electron chi connectivity index (χ0n) is 19.5. The number of alkyl halides is 3. The number of nitrogens with zero attached hydrogens (tertiary/aromatic N) is 2. The third kappa shape index (κ3) is 4.48. The largest absolute Gasteiger partial charge is 0.497 e. The molecule has 1 spiro atoms. The lowest BCUT2D eigenvalue weighted by molar-refractivity contribution is -0.137. The molecule has 0 unspecified atom stereocenters. The van der Waals surface area contributed by atoms with Gasteiger partial charge in [-0.15, -0.1) is 11.8 Å². The van der Waals surface area contributed by atoms with Gasteiger partial charge in [0.15, 0.2) is 4.87 Å². The first-order chi connectivity index (χ1) is 17.6. The quantitative estimate of drug-likeness (QED) is 0.413. The fourth-order valence-electron chi connectivity index (χ4n) is 4.63. The summed E-state index contributed by atoms with van der Waals surface area (Å²) in [4.78, 5) is 29.0. The number of amides is 3.